The molecule has 0 atom stereocenters. The van der Waals surface area contributed by atoms with Crippen molar-refractivity contribution >= 4 is 46.7 Å². The number of rotatable bonds is 5. The molecule has 1 rings (SSSR count). The minimum atomic E-state index is -1.96. The largest absolute Gasteiger partial charge is 0.481 e. The molecule has 0 heterocycles. The fraction of sp³-hybridized carbons (Fsp3) is 0.429. The van der Waals surface area contributed by atoms with Crippen LogP contribution >= 0.6 is 34.8 Å². The molecule has 0 aliphatic carbocycles. The van der Waals surface area contributed by atoms with E-state index in [1.165, 1.54) is 6.07 Å². The minimum absolute atomic E-state index is 0.0530. The standard InChI is InChI=1S/C14H14Cl3FO4/c1-3-7-5-9(22-11(21)6-10(19)20)8(4-2)13(18)12(7)14(15,16)17/h5H,3-4,6H2,1-2H3,(H,19,20). The average molecular weight is 372 g/mol. The maximum Gasteiger partial charge on any atom is 0.322 e. The predicted octanol–water partition coefficient (Wildman–Crippen LogP) is 4.16. The zero-order valence-corrected chi connectivity index (χ0v) is 14.2. The molecule has 1 N–H and O–H groups in total. The monoisotopic (exact) mass is 370 g/mol. The number of carboxylic acid groups (broad SMARTS) is 1. The summed E-state index contributed by atoms with van der Waals surface area (Å²) in [5, 5.41) is 8.57. The number of aliphatic carboxylic acids is 1. The number of hydrogen-bond donors (Lipinski definition) is 1. The van der Waals surface area contributed by atoms with Crippen molar-refractivity contribution in [2.45, 2.75) is 36.9 Å². The van der Waals surface area contributed by atoms with E-state index in [-0.39, 0.29) is 23.3 Å². The van der Waals surface area contributed by atoms with Crippen molar-refractivity contribution in [3.05, 3.63) is 28.6 Å². The molecule has 8 heteroatoms. The number of hydrogen-bond acceptors (Lipinski definition) is 3. The van der Waals surface area contributed by atoms with Gasteiger partial charge in [0.1, 0.15) is 18.0 Å². The maximum atomic E-state index is 14.6. The van der Waals surface area contributed by atoms with Crippen LogP contribution in [0.1, 0.15) is 37.0 Å². The Labute approximate surface area is 142 Å². The molecule has 122 valence electrons. The molecule has 0 spiro atoms. The number of alkyl halides is 3. The molecule has 22 heavy (non-hydrogen) atoms. The molecule has 1 aromatic rings. The topological polar surface area (TPSA) is 63.6 Å². The Kier molecular flexibility index (Phi) is 6.47. The van der Waals surface area contributed by atoms with E-state index in [0.29, 0.717) is 12.0 Å². The smallest absolute Gasteiger partial charge is 0.322 e. The van der Waals surface area contributed by atoms with Gasteiger partial charge in [-0.05, 0) is 24.5 Å². The second-order valence-electron chi connectivity index (χ2n) is 4.45. The van der Waals surface area contributed by atoms with Crippen LogP contribution in [0.15, 0.2) is 6.07 Å². The Balaban J connectivity index is 3.39. The van der Waals surface area contributed by atoms with Crippen molar-refractivity contribution in [3.8, 4) is 5.75 Å². The average Bonchev–Trinajstić information content (AvgIpc) is 2.35. The number of halogens is 4. The molecule has 0 fully saturated rings. The second kappa shape index (κ2) is 7.49. The van der Waals surface area contributed by atoms with Crippen LogP contribution < -0.4 is 4.74 Å². The lowest BCUT2D eigenvalue weighted by Crippen LogP contribution is -2.17. The fourth-order valence-electron chi connectivity index (χ4n) is 2.01. The zero-order chi connectivity index (χ0) is 17.1. The zero-order valence-electron chi connectivity index (χ0n) is 11.9. The molecule has 0 bridgehead atoms. The highest BCUT2D eigenvalue weighted by atomic mass is 35.6. The van der Waals surface area contributed by atoms with Gasteiger partial charge in [-0.3, -0.25) is 9.59 Å². The molecule has 0 aliphatic rings. The molecule has 0 radical (unpaired) electrons. The first-order chi connectivity index (χ1) is 10.1. The Bertz CT molecular complexity index is 597. The summed E-state index contributed by atoms with van der Waals surface area (Å²) in [5.41, 5.74) is 0.333. The van der Waals surface area contributed by atoms with Crippen molar-refractivity contribution in [2.24, 2.45) is 0 Å². The first kappa shape index (κ1) is 19.0. The second-order valence-corrected chi connectivity index (χ2v) is 6.73. The lowest BCUT2D eigenvalue weighted by Gasteiger charge is -2.21. The summed E-state index contributed by atoms with van der Waals surface area (Å²) in [5.74, 6) is -3.15. The van der Waals surface area contributed by atoms with Crippen LogP contribution in [-0.2, 0) is 26.2 Å². The van der Waals surface area contributed by atoms with Crippen LogP contribution in [0.25, 0.3) is 0 Å². The molecule has 1 aromatic carbocycles. The van der Waals surface area contributed by atoms with Gasteiger partial charge in [-0.15, -0.1) is 0 Å². The summed E-state index contributed by atoms with van der Waals surface area (Å²) in [7, 11) is 0. The van der Waals surface area contributed by atoms with Gasteiger partial charge < -0.3 is 9.84 Å². The molecule has 0 aromatic heterocycles. The number of benzene rings is 1. The molecule has 0 saturated carbocycles. The van der Waals surface area contributed by atoms with Gasteiger partial charge in [0.2, 0.25) is 3.79 Å². The number of carbonyl (C=O) groups is 2. The van der Waals surface area contributed by atoms with Crippen LogP contribution in [-0.4, -0.2) is 17.0 Å². The quantitative estimate of drug-likeness (QED) is 0.365. The number of esters is 1. The van der Waals surface area contributed by atoms with E-state index in [1.807, 2.05) is 0 Å². The third kappa shape index (κ3) is 4.48. The Morgan fingerprint density at radius 3 is 2.27 bits per heavy atom. The summed E-state index contributed by atoms with van der Waals surface area (Å²) in [6.45, 7) is 3.36. The van der Waals surface area contributed by atoms with Gasteiger partial charge in [0.05, 0.1) is 0 Å². The van der Waals surface area contributed by atoms with Gasteiger partial charge in [0, 0.05) is 11.1 Å². The summed E-state index contributed by atoms with van der Waals surface area (Å²) in [4.78, 5) is 22.0. The van der Waals surface area contributed by atoms with E-state index < -0.39 is 28.0 Å². The molecular formula is C14H14Cl3FO4. The highest BCUT2D eigenvalue weighted by Gasteiger charge is 2.32. The van der Waals surface area contributed by atoms with Crippen molar-refractivity contribution in [1.29, 1.82) is 0 Å². The van der Waals surface area contributed by atoms with Crippen molar-refractivity contribution < 1.29 is 23.8 Å². The molecule has 0 amide bonds. The lowest BCUT2D eigenvalue weighted by atomic mass is 9.99. The highest BCUT2D eigenvalue weighted by molar-refractivity contribution is 6.66. The van der Waals surface area contributed by atoms with Crippen LogP contribution in [0.2, 0.25) is 0 Å². The van der Waals surface area contributed by atoms with Gasteiger partial charge >= 0.3 is 11.9 Å². The number of aryl methyl sites for hydroxylation is 1. The maximum absolute atomic E-state index is 14.6. The van der Waals surface area contributed by atoms with Gasteiger partial charge in [0.25, 0.3) is 0 Å². The number of ether oxygens (including phenoxy) is 1. The Morgan fingerprint density at radius 2 is 1.86 bits per heavy atom. The van der Waals surface area contributed by atoms with Crippen molar-refractivity contribution in [1.82, 2.24) is 0 Å². The first-order valence-electron chi connectivity index (χ1n) is 6.45. The first-order valence-corrected chi connectivity index (χ1v) is 7.59. The Hall–Kier alpha value is -1.04. The molecule has 0 saturated heterocycles. The minimum Gasteiger partial charge on any atom is -0.481 e. The highest BCUT2D eigenvalue weighted by Crippen LogP contribution is 2.44. The number of carboxylic acids is 1. The third-order valence-electron chi connectivity index (χ3n) is 2.95. The Morgan fingerprint density at radius 1 is 1.27 bits per heavy atom. The van der Waals surface area contributed by atoms with E-state index >= 15 is 0 Å². The van der Waals surface area contributed by atoms with Crippen LogP contribution in [0.4, 0.5) is 4.39 Å². The normalized spacial score (nSPS) is 11.4. The number of carbonyl (C=O) groups excluding carboxylic acids is 1. The molecule has 0 unspecified atom stereocenters. The van der Waals surface area contributed by atoms with Crippen molar-refractivity contribution in [2.75, 3.05) is 0 Å². The van der Waals surface area contributed by atoms with Crippen molar-refractivity contribution in [3.63, 3.8) is 0 Å². The third-order valence-corrected chi connectivity index (χ3v) is 3.51. The fourth-order valence-corrected chi connectivity index (χ4v) is 2.62. The molecular weight excluding hydrogens is 358 g/mol. The molecule has 4 nitrogen and oxygen atoms in total. The summed E-state index contributed by atoms with van der Waals surface area (Å²) in [6, 6.07) is 1.40. The van der Waals surface area contributed by atoms with Crippen LogP contribution in [0.3, 0.4) is 0 Å². The lowest BCUT2D eigenvalue weighted by molar-refractivity contribution is -0.145. The summed E-state index contributed by atoms with van der Waals surface area (Å²) < 4.78 is 17.6. The predicted molar refractivity (Wildman–Crippen MR) is 82.3 cm³/mol. The van der Waals surface area contributed by atoms with Gasteiger partial charge in [-0.1, -0.05) is 48.7 Å². The van der Waals surface area contributed by atoms with E-state index in [2.05, 4.69) is 0 Å². The molecule has 0 aliphatic heterocycles. The van der Waals surface area contributed by atoms with E-state index in [0.717, 1.165) is 0 Å². The SMILES string of the molecule is CCc1cc(OC(=O)CC(=O)O)c(CC)c(F)c1C(Cl)(Cl)Cl. The van der Waals surface area contributed by atoms with Crippen LogP contribution in [0.5, 0.6) is 5.75 Å². The summed E-state index contributed by atoms with van der Waals surface area (Å²) >= 11 is 17.4. The van der Waals surface area contributed by atoms with Gasteiger partial charge in [0.15, 0.2) is 0 Å². The van der Waals surface area contributed by atoms with Crippen LogP contribution in [0, 0.1) is 5.82 Å². The van der Waals surface area contributed by atoms with E-state index in [1.54, 1.807) is 13.8 Å². The van der Waals surface area contributed by atoms with Gasteiger partial charge in [-0.2, -0.15) is 0 Å². The van der Waals surface area contributed by atoms with E-state index in [4.69, 9.17) is 44.6 Å². The van der Waals surface area contributed by atoms with E-state index in [9.17, 15) is 14.0 Å². The van der Waals surface area contributed by atoms with Gasteiger partial charge in [-0.25, -0.2) is 4.39 Å². The summed E-state index contributed by atoms with van der Waals surface area (Å²) in [6.07, 6.45) is -0.300.